The SMILES string of the molecule is O=S(=O)(Cl)c1cn(Cc2c(Cl)cccc2Cl)cn1. The zero-order valence-electron chi connectivity index (χ0n) is 8.85. The van der Waals surface area contributed by atoms with E-state index in [1.165, 1.54) is 12.5 Å². The average Bonchev–Trinajstić information content (AvgIpc) is 2.72. The molecule has 0 unspecified atom stereocenters. The van der Waals surface area contributed by atoms with Crippen LogP contribution in [0.5, 0.6) is 0 Å². The van der Waals surface area contributed by atoms with Gasteiger partial charge in [-0.1, -0.05) is 29.3 Å². The lowest BCUT2D eigenvalue weighted by Crippen LogP contribution is -1.98. The predicted octanol–water partition coefficient (Wildman–Crippen LogP) is 3.17. The molecule has 0 radical (unpaired) electrons. The minimum Gasteiger partial charge on any atom is -0.332 e. The molecule has 8 heteroatoms. The Bertz CT molecular complexity index is 662. The standard InChI is InChI=1S/C10H7Cl3N2O2S/c11-8-2-1-3-9(12)7(8)4-15-5-10(14-6-15)18(13,16)17/h1-3,5-6H,4H2. The molecule has 0 N–H and O–H groups in total. The smallest absolute Gasteiger partial charge is 0.280 e. The monoisotopic (exact) mass is 324 g/mol. The van der Waals surface area contributed by atoms with Gasteiger partial charge in [0.05, 0.1) is 12.9 Å². The van der Waals surface area contributed by atoms with E-state index in [1.54, 1.807) is 22.8 Å². The van der Waals surface area contributed by atoms with E-state index in [1.807, 2.05) is 0 Å². The highest BCUT2D eigenvalue weighted by Gasteiger charge is 2.14. The van der Waals surface area contributed by atoms with Gasteiger partial charge in [0.25, 0.3) is 9.05 Å². The summed E-state index contributed by atoms with van der Waals surface area (Å²) in [5.74, 6) is 0. The van der Waals surface area contributed by atoms with Crippen molar-refractivity contribution in [3.63, 3.8) is 0 Å². The molecule has 0 bridgehead atoms. The Morgan fingerprint density at radius 3 is 2.33 bits per heavy atom. The van der Waals surface area contributed by atoms with Gasteiger partial charge < -0.3 is 4.57 Å². The first-order chi connectivity index (χ1) is 8.38. The maximum Gasteiger partial charge on any atom is 0.280 e. The molecule has 0 aliphatic rings. The van der Waals surface area contributed by atoms with E-state index in [0.717, 1.165) is 0 Å². The predicted molar refractivity (Wildman–Crippen MR) is 70.8 cm³/mol. The highest BCUT2D eigenvalue weighted by molar-refractivity contribution is 8.13. The lowest BCUT2D eigenvalue weighted by atomic mass is 10.2. The third kappa shape index (κ3) is 2.98. The van der Waals surface area contributed by atoms with Crippen LogP contribution in [0.4, 0.5) is 0 Å². The molecule has 0 saturated carbocycles. The number of aromatic nitrogens is 2. The second kappa shape index (κ2) is 5.09. The number of nitrogens with zero attached hydrogens (tertiary/aromatic N) is 2. The minimum atomic E-state index is -3.82. The normalized spacial score (nSPS) is 11.7. The Kier molecular flexibility index (Phi) is 3.87. The number of hydrogen-bond donors (Lipinski definition) is 0. The number of rotatable bonds is 3. The largest absolute Gasteiger partial charge is 0.332 e. The summed E-state index contributed by atoms with van der Waals surface area (Å²) >= 11 is 12.0. The van der Waals surface area contributed by atoms with Crippen LogP contribution in [-0.2, 0) is 15.6 Å². The zero-order chi connectivity index (χ0) is 13.3. The van der Waals surface area contributed by atoms with Gasteiger partial charge in [-0.3, -0.25) is 0 Å². The van der Waals surface area contributed by atoms with Crippen LogP contribution in [0, 0.1) is 0 Å². The van der Waals surface area contributed by atoms with Crippen molar-refractivity contribution in [2.75, 3.05) is 0 Å². The van der Waals surface area contributed by atoms with Crippen LogP contribution in [0.3, 0.4) is 0 Å². The summed E-state index contributed by atoms with van der Waals surface area (Å²) in [6.07, 6.45) is 2.68. The number of benzene rings is 1. The van der Waals surface area contributed by atoms with E-state index in [4.69, 9.17) is 33.9 Å². The molecule has 0 amide bonds. The molecule has 0 atom stereocenters. The van der Waals surface area contributed by atoms with Crippen LogP contribution in [-0.4, -0.2) is 18.0 Å². The van der Waals surface area contributed by atoms with Gasteiger partial charge in [0.15, 0.2) is 5.03 Å². The molecule has 0 spiro atoms. The van der Waals surface area contributed by atoms with Gasteiger partial charge in [-0.15, -0.1) is 0 Å². The van der Waals surface area contributed by atoms with Crippen molar-refractivity contribution < 1.29 is 8.42 Å². The molecule has 2 rings (SSSR count). The summed E-state index contributed by atoms with van der Waals surface area (Å²) in [6, 6.07) is 5.15. The Labute approximate surface area is 119 Å². The van der Waals surface area contributed by atoms with Crippen molar-refractivity contribution in [2.45, 2.75) is 11.6 Å². The number of halogens is 3. The first-order valence-electron chi connectivity index (χ1n) is 4.77. The van der Waals surface area contributed by atoms with Crippen molar-refractivity contribution in [2.24, 2.45) is 0 Å². The molecule has 0 fully saturated rings. The second-order valence-electron chi connectivity index (χ2n) is 3.52. The summed E-state index contributed by atoms with van der Waals surface area (Å²) < 4.78 is 23.7. The first kappa shape index (κ1) is 13.7. The van der Waals surface area contributed by atoms with Crippen LogP contribution in [0.15, 0.2) is 35.7 Å². The molecule has 1 aromatic heterocycles. The van der Waals surface area contributed by atoms with Crippen molar-refractivity contribution in [3.05, 3.63) is 46.3 Å². The number of hydrogen-bond acceptors (Lipinski definition) is 3. The van der Waals surface area contributed by atoms with Gasteiger partial charge in [0.1, 0.15) is 0 Å². The van der Waals surface area contributed by atoms with Gasteiger partial charge >= 0.3 is 0 Å². The van der Waals surface area contributed by atoms with Gasteiger partial charge in [-0.25, -0.2) is 13.4 Å². The minimum absolute atomic E-state index is 0.202. The van der Waals surface area contributed by atoms with Crippen molar-refractivity contribution >= 4 is 42.9 Å². The Morgan fingerprint density at radius 2 is 1.83 bits per heavy atom. The van der Waals surface area contributed by atoms with Gasteiger partial charge in [-0.05, 0) is 12.1 Å². The summed E-state index contributed by atoms with van der Waals surface area (Å²) in [7, 11) is 1.36. The molecule has 96 valence electrons. The van der Waals surface area contributed by atoms with Crippen LogP contribution in [0.2, 0.25) is 10.0 Å². The fraction of sp³-hybridized carbons (Fsp3) is 0.100. The van der Waals surface area contributed by atoms with E-state index in [2.05, 4.69) is 4.98 Å². The van der Waals surface area contributed by atoms with E-state index >= 15 is 0 Å². The fourth-order valence-electron chi connectivity index (χ4n) is 1.42. The van der Waals surface area contributed by atoms with Crippen LogP contribution in [0.1, 0.15) is 5.56 Å². The fourth-order valence-corrected chi connectivity index (χ4v) is 2.61. The first-order valence-corrected chi connectivity index (χ1v) is 7.84. The third-order valence-electron chi connectivity index (χ3n) is 2.26. The number of imidazole rings is 1. The summed E-state index contributed by atoms with van der Waals surface area (Å²) in [5, 5.41) is 0.810. The quantitative estimate of drug-likeness (QED) is 0.815. The summed E-state index contributed by atoms with van der Waals surface area (Å²) in [6.45, 7) is 0.317. The van der Waals surface area contributed by atoms with Crippen molar-refractivity contribution in [1.29, 1.82) is 0 Å². The van der Waals surface area contributed by atoms with E-state index in [-0.39, 0.29) is 5.03 Å². The highest BCUT2D eigenvalue weighted by Crippen LogP contribution is 2.25. The summed E-state index contributed by atoms with van der Waals surface area (Å²) in [4.78, 5) is 3.70. The van der Waals surface area contributed by atoms with E-state index < -0.39 is 9.05 Å². The zero-order valence-corrected chi connectivity index (χ0v) is 11.9. The molecule has 1 heterocycles. The maximum absolute atomic E-state index is 11.1. The highest BCUT2D eigenvalue weighted by atomic mass is 35.7. The molecule has 4 nitrogen and oxygen atoms in total. The molecule has 18 heavy (non-hydrogen) atoms. The van der Waals surface area contributed by atoms with Crippen LogP contribution in [0.25, 0.3) is 0 Å². The molecule has 0 aliphatic carbocycles. The maximum atomic E-state index is 11.1. The van der Waals surface area contributed by atoms with Crippen LogP contribution < -0.4 is 0 Å². The Morgan fingerprint density at radius 1 is 1.22 bits per heavy atom. The Hall–Kier alpha value is -0.750. The molecular formula is C10H7Cl3N2O2S. The molecule has 0 saturated heterocycles. The molecule has 1 aromatic carbocycles. The van der Waals surface area contributed by atoms with Crippen LogP contribution >= 0.6 is 33.9 Å². The summed E-state index contributed by atoms with van der Waals surface area (Å²) in [5.41, 5.74) is 0.691. The molecular weight excluding hydrogens is 319 g/mol. The van der Waals surface area contributed by atoms with Gasteiger partial charge in [-0.2, -0.15) is 0 Å². The average molecular weight is 326 g/mol. The molecule has 2 aromatic rings. The second-order valence-corrected chi connectivity index (χ2v) is 6.85. The van der Waals surface area contributed by atoms with Crippen molar-refractivity contribution in [3.8, 4) is 0 Å². The van der Waals surface area contributed by atoms with E-state index in [0.29, 0.717) is 22.2 Å². The van der Waals surface area contributed by atoms with Gasteiger partial charge in [0, 0.05) is 32.5 Å². The Balaban J connectivity index is 2.33. The van der Waals surface area contributed by atoms with Crippen molar-refractivity contribution in [1.82, 2.24) is 9.55 Å². The lowest BCUT2D eigenvalue weighted by molar-refractivity contribution is 0.606. The van der Waals surface area contributed by atoms with E-state index in [9.17, 15) is 8.42 Å². The molecule has 0 aliphatic heterocycles. The van der Waals surface area contributed by atoms with Gasteiger partial charge in [0.2, 0.25) is 0 Å². The topological polar surface area (TPSA) is 52.0 Å². The lowest BCUT2D eigenvalue weighted by Gasteiger charge is -2.06. The third-order valence-corrected chi connectivity index (χ3v) is 4.15.